The number of nitrogens with one attached hydrogen (secondary N) is 2. The third-order valence-electron chi connectivity index (χ3n) is 2.99. The molecule has 0 aliphatic rings. The van der Waals surface area contributed by atoms with E-state index in [2.05, 4.69) is 26.7 Å². The van der Waals surface area contributed by atoms with Gasteiger partial charge in [0.05, 0.1) is 16.3 Å². The lowest BCUT2D eigenvalue weighted by atomic mass is 10.2. The summed E-state index contributed by atoms with van der Waals surface area (Å²) in [5.74, 6) is 0. The lowest BCUT2D eigenvalue weighted by Crippen LogP contribution is -2.42. The lowest BCUT2D eigenvalue weighted by molar-refractivity contribution is -0.137. The standard InChI is InChI=1S/C15H12BrClF3N3O/c1-23(11-4-2-3-9(16)7-11)22-14(24)21-10-5-6-13(17)12(8-10)15(18,19)20/h2-8H,1H3,(H2,21,22,24). The van der Waals surface area contributed by atoms with Gasteiger partial charge >= 0.3 is 12.2 Å². The fraction of sp³-hybridized carbons (Fsp3) is 0.133. The number of rotatable bonds is 3. The van der Waals surface area contributed by atoms with Crippen molar-refractivity contribution in [3.05, 3.63) is 57.5 Å². The number of urea groups is 1. The molecule has 4 nitrogen and oxygen atoms in total. The number of carbonyl (C=O) groups excluding carboxylic acids is 1. The second-order valence-corrected chi connectivity index (χ2v) is 6.12. The van der Waals surface area contributed by atoms with E-state index in [1.165, 1.54) is 11.1 Å². The molecule has 0 bridgehead atoms. The second-order valence-electron chi connectivity index (χ2n) is 4.80. The number of amides is 2. The van der Waals surface area contributed by atoms with E-state index in [0.29, 0.717) is 5.69 Å². The smallest absolute Gasteiger partial charge is 0.307 e. The first kappa shape index (κ1) is 18.4. The molecule has 0 aliphatic carbocycles. The molecule has 24 heavy (non-hydrogen) atoms. The first-order valence-electron chi connectivity index (χ1n) is 6.60. The molecule has 128 valence electrons. The van der Waals surface area contributed by atoms with Crippen molar-refractivity contribution in [2.24, 2.45) is 0 Å². The summed E-state index contributed by atoms with van der Waals surface area (Å²) < 4.78 is 39.3. The predicted molar refractivity (Wildman–Crippen MR) is 91.2 cm³/mol. The number of halogens is 5. The van der Waals surface area contributed by atoms with Gasteiger partial charge in [0.25, 0.3) is 0 Å². The van der Waals surface area contributed by atoms with Gasteiger partial charge in [-0.15, -0.1) is 0 Å². The average Bonchev–Trinajstić information content (AvgIpc) is 2.48. The zero-order valence-corrected chi connectivity index (χ0v) is 14.6. The molecule has 0 spiro atoms. The summed E-state index contributed by atoms with van der Waals surface area (Å²) in [6.45, 7) is 0. The van der Waals surface area contributed by atoms with Crippen LogP contribution in [0.25, 0.3) is 0 Å². The molecule has 0 heterocycles. The van der Waals surface area contributed by atoms with Crippen LogP contribution in [0, 0.1) is 0 Å². The Morgan fingerprint density at radius 1 is 1.21 bits per heavy atom. The molecule has 2 rings (SSSR count). The van der Waals surface area contributed by atoms with Gasteiger partial charge in [0, 0.05) is 17.2 Å². The van der Waals surface area contributed by atoms with Crippen LogP contribution in [-0.2, 0) is 6.18 Å². The van der Waals surface area contributed by atoms with Crippen molar-refractivity contribution < 1.29 is 18.0 Å². The van der Waals surface area contributed by atoms with Crippen LogP contribution >= 0.6 is 27.5 Å². The SMILES string of the molecule is CN(NC(=O)Nc1ccc(Cl)c(C(F)(F)F)c1)c1cccc(Br)c1. The maximum absolute atomic E-state index is 12.8. The fourth-order valence-corrected chi connectivity index (χ4v) is 2.49. The predicted octanol–water partition coefficient (Wildman–Crippen LogP) is 5.29. The van der Waals surface area contributed by atoms with Gasteiger partial charge < -0.3 is 5.32 Å². The van der Waals surface area contributed by atoms with Crippen molar-refractivity contribution in [2.45, 2.75) is 6.18 Å². The van der Waals surface area contributed by atoms with E-state index in [9.17, 15) is 18.0 Å². The highest BCUT2D eigenvalue weighted by molar-refractivity contribution is 9.10. The van der Waals surface area contributed by atoms with Crippen LogP contribution in [0.4, 0.5) is 29.3 Å². The fourth-order valence-electron chi connectivity index (χ4n) is 1.88. The summed E-state index contributed by atoms with van der Waals surface area (Å²) >= 11 is 8.85. The summed E-state index contributed by atoms with van der Waals surface area (Å²) in [7, 11) is 1.60. The van der Waals surface area contributed by atoms with Crippen LogP contribution in [0.3, 0.4) is 0 Å². The molecule has 0 radical (unpaired) electrons. The number of hydrazine groups is 1. The van der Waals surface area contributed by atoms with Crippen LogP contribution in [0.5, 0.6) is 0 Å². The minimum absolute atomic E-state index is 0.0214. The molecule has 0 saturated heterocycles. The van der Waals surface area contributed by atoms with E-state index in [-0.39, 0.29) is 5.69 Å². The Bertz CT molecular complexity index is 755. The Morgan fingerprint density at radius 3 is 2.54 bits per heavy atom. The van der Waals surface area contributed by atoms with E-state index >= 15 is 0 Å². The molecule has 2 amide bonds. The van der Waals surface area contributed by atoms with Crippen molar-refractivity contribution >= 4 is 44.9 Å². The summed E-state index contributed by atoms with van der Waals surface area (Å²) in [6.07, 6.45) is -4.60. The Balaban J connectivity index is 2.07. The maximum Gasteiger partial charge on any atom is 0.417 e. The lowest BCUT2D eigenvalue weighted by Gasteiger charge is -2.21. The van der Waals surface area contributed by atoms with Gasteiger partial charge in [0.1, 0.15) is 0 Å². The Morgan fingerprint density at radius 2 is 1.92 bits per heavy atom. The van der Waals surface area contributed by atoms with Crippen LogP contribution in [0.15, 0.2) is 46.9 Å². The quantitative estimate of drug-likeness (QED) is 0.660. The van der Waals surface area contributed by atoms with E-state index in [4.69, 9.17) is 11.6 Å². The molecule has 2 aromatic carbocycles. The largest absolute Gasteiger partial charge is 0.417 e. The average molecular weight is 423 g/mol. The van der Waals surface area contributed by atoms with Gasteiger partial charge in [0.2, 0.25) is 0 Å². The molecule has 0 aromatic heterocycles. The van der Waals surface area contributed by atoms with Crippen molar-refractivity contribution in [1.82, 2.24) is 5.43 Å². The zero-order valence-electron chi connectivity index (χ0n) is 12.3. The minimum atomic E-state index is -4.60. The highest BCUT2D eigenvalue weighted by atomic mass is 79.9. The highest BCUT2D eigenvalue weighted by Crippen LogP contribution is 2.36. The number of benzene rings is 2. The van der Waals surface area contributed by atoms with Crippen molar-refractivity contribution in [1.29, 1.82) is 0 Å². The normalized spacial score (nSPS) is 11.1. The van der Waals surface area contributed by atoms with Crippen molar-refractivity contribution in [3.8, 4) is 0 Å². The second kappa shape index (κ2) is 7.31. The first-order valence-corrected chi connectivity index (χ1v) is 7.77. The van der Waals surface area contributed by atoms with Crippen LogP contribution in [0.1, 0.15) is 5.56 Å². The van der Waals surface area contributed by atoms with E-state index in [0.717, 1.165) is 16.6 Å². The monoisotopic (exact) mass is 421 g/mol. The van der Waals surface area contributed by atoms with Gasteiger partial charge in [-0.1, -0.05) is 33.6 Å². The summed E-state index contributed by atoms with van der Waals surface area (Å²) in [5, 5.41) is 3.34. The number of hydrogen-bond donors (Lipinski definition) is 2. The molecule has 0 aliphatic heterocycles. The molecule has 2 aromatic rings. The number of carbonyl (C=O) groups is 1. The summed E-state index contributed by atoms with van der Waals surface area (Å²) in [4.78, 5) is 11.9. The highest BCUT2D eigenvalue weighted by Gasteiger charge is 2.33. The van der Waals surface area contributed by atoms with Gasteiger partial charge in [-0.3, -0.25) is 5.01 Å². The maximum atomic E-state index is 12.8. The van der Waals surface area contributed by atoms with Gasteiger partial charge in [-0.25, -0.2) is 10.2 Å². The van der Waals surface area contributed by atoms with E-state index < -0.39 is 22.8 Å². The Hall–Kier alpha value is -1.93. The molecule has 9 heteroatoms. The van der Waals surface area contributed by atoms with E-state index in [1.807, 2.05) is 6.07 Å². The zero-order chi connectivity index (χ0) is 17.9. The van der Waals surface area contributed by atoms with Crippen LogP contribution in [0.2, 0.25) is 5.02 Å². The number of alkyl halides is 3. The topological polar surface area (TPSA) is 44.4 Å². The molecule has 0 atom stereocenters. The van der Waals surface area contributed by atoms with Crippen LogP contribution in [-0.4, -0.2) is 13.1 Å². The van der Waals surface area contributed by atoms with Crippen molar-refractivity contribution in [3.63, 3.8) is 0 Å². The minimum Gasteiger partial charge on any atom is -0.307 e. The Kier molecular flexibility index (Phi) is 5.61. The number of anilines is 2. The third kappa shape index (κ3) is 4.78. The first-order chi connectivity index (χ1) is 11.2. The number of hydrogen-bond acceptors (Lipinski definition) is 2. The molecular weight excluding hydrogens is 411 g/mol. The van der Waals surface area contributed by atoms with Crippen molar-refractivity contribution in [2.75, 3.05) is 17.4 Å². The van der Waals surface area contributed by atoms with E-state index in [1.54, 1.807) is 25.2 Å². The van der Waals surface area contributed by atoms with Gasteiger partial charge in [-0.2, -0.15) is 13.2 Å². The van der Waals surface area contributed by atoms with Gasteiger partial charge in [-0.05, 0) is 36.4 Å². The molecule has 0 saturated carbocycles. The Labute approximate surface area is 149 Å². The molecule has 2 N–H and O–H groups in total. The molecular formula is C15H12BrClF3N3O. The molecule has 0 fully saturated rings. The summed E-state index contributed by atoms with van der Waals surface area (Å²) in [6, 6.07) is 9.59. The third-order valence-corrected chi connectivity index (χ3v) is 3.82. The molecule has 0 unspecified atom stereocenters. The van der Waals surface area contributed by atoms with Gasteiger partial charge in [0.15, 0.2) is 0 Å². The van der Waals surface area contributed by atoms with Crippen LogP contribution < -0.4 is 15.8 Å². The number of nitrogens with zero attached hydrogens (tertiary/aromatic N) is 1. The summed E-state index contributed by atoms with van der Waals surface area (Å²) in [5.41, 5.74) is 2.15.